The van der Waals surface area contributed by atoms with Gasteiger partial charge in [0.25, 0.3) is 0 Å². The van der Waals surface area contributed by atoms with Crippen molar-refractivity contribution in [2.45, 2.75) is 45.6 Å². The molecule has 1 heterocycles. The van der Waals surface area contributed by atoms with E-state index in [-0.39, 0.29) is 6.42 Å². The van der Waals surface area contributed by atoms with E-state index in [2.05, 4.69) is 24.8 Å². The minimum absolute atomic E-state index is 0.233. The molecule has 0 saturated heterocycles. The molecule has 1 unspecified atom stereocenters. The number of carboxylic acids is 1. The molecule has 5 nitrogen and oxygen atoms in total. The third kappa shape index (κ3) is 4.63. The fourth-order valence-corrected chi connectivity index (χ4v) is 2.81. The SMILES string of the molecule is CCCN(CCCC(=O)O)C(C)Cc1ccc2c(c1)OCO2. The van der Waals surface area contributed by atoms with E-state index < -0.39 is 5.97 Å². The van der Waals surface area contributed by atoms with Gasteiger partial charge in [-0.2, -0.15) is 0 Å². The third-order valence-corrected chi connectivity index (χ3v) is 3.94. The first-order chi connectivity index (χ1) is 10.6. The van der Waals surface area contributed by atoms with Crippen molar-refractivity contribution in [2.75, 3.05) is 19.9 Å². The van der Waals surface area contributed by atoms with E-state index in [4.69, 9.17) is 14.6 Å². The van der Waals surface area contributed by atoms with Crippen molar-refractivity contribution >= 4 is 5.97 Å². The van der Waals surface area contributed by atoms with Crippen LogP contribution < -0.4 is 9.47 Å². The van der Waals surface area contributed by atoms with E-state index >= 15 is 0 Å². The topological polar surface area (TPSA) is 59.0 Å². The van der Waals surface area contributed by atoms with E-state index in [0.717, 1.165) is 37.4 Å². The normalized spacial score (nSPS) is 14.3. The highest BCUT2D eigenvalue weighted by molar-refractivity contribution is 5.66. The van der Waals surface area contributed by atoms with Gasteiger partial charge in [-0.05, 0) is 57.0 Å². The summed E-state index contributed by atoms with van der Waals surface area (Å²) in [5, 5.41) is 8.78. The average Bonchev–Trinajstić information content (AvgIpc) is 2.93. The van der Waals surface area contributed by atoms with Crippen LogP contribution in [0.25, 0.3) is 0 Å². The second-order valence-corrected chi connectivity index (χ2v) is 5.77. The fourth-order valence-electron chi connectivity index (χ4n) is 2.81. The summed E-state index contributed by atoms with van der Waals surface area (Å²) in [6.45, 7) is 6.46. The summed E-state index contributed by atoms with van der Waals surface area (Å²) in [7, 11) is 0. The van der Waals surface area contributed by atoms with Crippen LogP contribution in [0.2, 0.25) is 0 Å². The van der Waals surface area contributed by atoms with Crippen LogP contribution in [-0.2, 0) is 11.2 Å². The minimum atomic E-state index is -0.722. The molecule has 0 saturated carbocycles. The molecular formula is C17H25NO4. The molecule has 1 aromatic rings. The zero-order chi connectivity index (χ0) is 15.9. The lowest BCUT2D eigenvalue weighted by Crippen LogP contribution is -2.36. The van der Waals surface area contributed by atoms with Gasteiger partial charge in [-0.1, -0.05) is 13.0 Å². The number of carboxylic acid groups (broad SMARTS) is 1. The lowest BCUT2D eigenvalue weighted by Gasteiger charge is -2.28. The number of benzene rings is 1. The Hall–Kier alpha value is -1.75. The van der Waals surface area contributed by atoms with Crippen LogP contribution in [0, 0.1) is 0 Å². The van der Waals surface area contributed by atoms with E-state index in [1.807, 2.05) is 12.1 Å². The molecule has 0 spiro atoms. The molecule has 1 atom stereocenters. The molecule has 1 aromatic carbocycles. The Kier molecular flexibility index (Phi) is 6.07. The number of carbonyl (C=O) groups is 1. The van der Waals surface area contributed by atoms with Crippen molar-refractivity contribution in [3.05, 3.63) is 23.8 Å². The highest BCUT2D eigenvalue weighted by atomic mass is 16.7. The van der Waals surface area contributed by atoms with Crippen molar-refractivity contribution in [2.24, 2.45) is 0 Å². The van der Waals surface area contributed by atoms with Crippen LogP contribution in [-0.4, -0.2) is 41.9 Å². The molecule has 0 amide bonds. The molecule has 0 radical (unpaired) electrons. The van der Waals surface area contributed by atoms with Gasteiger partial charge in [0.05, 0.1) is 0 Å². The number of hydrogen-bond donors (Lipinski definition) is 1. The Morgan fingerprint density at radius 2 is 2.09 bits per heavy atom. The summed E-state index contributed by atoms with van der Waals surface area (Å²) in [5.41, 5.74) is 1.22. The number of fused-ring (bicyclic) bond motifs is 1. The largest absolute Gasteiger partial charge is 0.481 e. The van der Waals surface area contributed by atoms with Crippen LogP contribution >= 0.6 is 0 Å². The van der Waals surface area contributed by atoms with Gasteiger partial charge < -0.3 is 19.5 Å². The van der Waals surface area contributed by atoms with E-state index in [9.17, 15) is 4.79 Å². The molecule has 2 rings (SSSR count). The zero-order valence-electron chi connectivity index (χ0n) is 13.4. The van der Waals surface area contributed by atoms with Gasteiger partial charge >= 0.3 is 5.97 Å². The quantitative estimate of drug-likeness (QED) is 0.760. The first kappa shape index (κ1) is 16.6. The van der Waals surface area contributed by atoms with Gasteiger partial charge in [0, 0.05) is 12.5 Å². The monoisotopic (exact) mass is 307 g/mol. The number of nitrogens with zero attached hydrogens (tertiary/aromatic N) is 1. The van der Waals surface area contributed by atoms with Crippen LogP contribution in [0.4, 0.5) is 0 Å². The first-order valence-corrected chi connectivity index (χ1v) is 7.94. The molecule has 0 fully saturated rings. The van der Waals surface area contributed by atoms with Gasteiger partial charge in [0.1, 0.15) is 0 Å². The predicted molar refractivity (Wildman–Crippen MR) is 84.5 cm³/mol. The molecule has 1 aliphatic rings. The average molecular weight is 307 g/mol. The maximum atomic E-state index is 10.7. The van der Waals surface area contributed by atoms with Gasteiger partial charge in [-0.25, -0.2) is 0 Å². The predicted octanol–water partition coefficient (Wildman–Crippen LogP) is 2.92. The number of rotatable bonds is 9. The Bertz CT molecular complexity index is 503. The van der Waals surface area contributed by atoms with Crippen LogP contribution in [0.3, 0.4) is 0 Å². The molecule has 0 aliphatic carbocycles. The third-order valence-electron chi connectivity index (χ3n) is 3.94. The Morgan fingerprint density at radius 1 is 1.32 bits per heavy atom. The number of ether oxygens (including phenoxy) is 2. The highest BCUT2D eigenvalue weighted by Crippen LogP contribution is 2.33. The number of hydrogen-bond acceptors (Lipinski definition) is 4. The molecule has 0 bridgehead atoms. The number of aliphatic carboxylic acids is 1. The van der Waals surface area contributed by atoms with Crippen molar-refractivity contribution in [1.29, 1.82) is 0 Å². The maximum absolute atomic E-state index is 10.7. The van der Waals surface area contributed by atoms with Crippen LogP contribution in [0.15, 0.2) is 18.2 Å². The van der Waals surface area contributed by atoms with Crippen LogP contribution in [0.1, 0.15) is 38.7 Å². The summed E-state index contributed by atoms with van der Waals surface area (Å²) in [5.74, 6) is 0.903. The van der Waals surface area contributed by atoms with Crippen molar-refractivity contribution in [1.82, 2.24) is 4.90 Å². The minimum Gasteiger partial charge on any atom is -0.481 e. The van der Waals surface area contributed by atoms with Gasteiger partial charge in [-0.3, -0.25) is 4.79 Å². The van der Waals surface area contributed by atoms with Crippen LogP contribution in [0.5, 0.6) is 11.5 Å². The summed E-state index contributed by atoms with van der Waals surface area (Å²) in [4.78, 5) is 13.0. The van der Waals surface area contributed by atoms with Crippen molar-refractivity contribution in [3.63, 3.8) is 0 Å². The second kappa shape index (κ2) is 8.03. The van der Waals surface area contributed by atoms with Gasteiger partial charge in [0.2, 0.25) is 6.79 Å². The summed E-state index contributed by atoms with van der Waals surface area (Å²) in [6, 6.07) is 6.44. The summed E-state index contributed by atoms with van der Waals surface area (Å²) >= 11 is 0. The molecule has 5 heteroatoms. The zero-order valence-corrected chi connectivity index (χ0v) is 13.4. The second-order valence-electron chi connectivity index (χ2n) is 5.77. The highest BCUT2D eigenvalue weighted by Gasteiger charge is 2.17. The molecule has 1 N–H and O–H groups in total. The molecule has 0 aromatic heterocycles. The standard InChI is InChI=1S/C17H25NO4/c1-3-8-18(9-4-5-17(19)20)13(2)10-14-6-7-15-16(11-14)22-12-21-15/h6-7,11,13H,3-5,8-10,12H2,1-2H3,(H,19,20). The smallest absolute Gasteiger partial charge is 0.303 e. The Labute approximate surface area is 131 Å². The Balaban J connectivity index is 1.91. The molecule has 22 heavy (non-hydrogen) atoms. The van der Waals surface area contributed by atoms with Gasteiger partial charge in [-0.15, -0.1) is 0 Å². The Morgan fingerprint density at radius 3 is 2.82 bits per heavy atom. The van der Waals surface area contributed by atoms with Gasteiger partial charge in [0.15, 0.2) is 11.5 Å². The van der Waals surface area contributed by atoms with E-state index in [0.29, 0.717) is 19.3 Å². The fraction of sp³-hybridized carbons (Fsp3) is 0.588. The van der Waals surface area contributed by atoms with Crippen molar-refractivity contribution < 1.29 is 19.4 Å². The summed E-state index contributed by atoms with van der Waals surface area (Å²) < 4.78 is 10.8. The molecule has 122 valence electrons. The lowest BCUT2D eigenvalue weighted by atomic mass is 10.0. The van der Waals surface area contributed by atoms with E-state index in [1.165, 1.54) is 5.56 Å². The maximum Gasteiger partial charge on any atom is 0.303 e. The lowest BCUT2D eigenvalue weighted by molar-refractivity contribution is -0.137. The summed E-state index contributed by atoms with van der Waals surface area (Å²) in [6.07, 6.45) is 2.92. The van der Waals surface area contributed by atoms with E-state index in [1.54, 1.807) is 0 Å². The molecular weight excluding hydrogens is 282 g/mol. The first-order valence-electron chi connectivity index (χ1n) is 7.94. The van der Waals surface area contributed by atoms with Crippen molar-refractivity contribution in [3.8, 4) is 11.5 Å². The molecule has 1 aliphatic heterocycles.